The third kappa shape index (κ3) is 4.80. The fourth-order valence-corrected chi connectivity index (χ4v) is 4.10. The minimum absolute atomic E-state index is 0. The number of halogens is 1. The maximum atomic E-state index is 12.7. The van der Waals surface area contributed by atoms with E-state index in [9.17, 15) is 9.59 Å². The zero-order valence-corrected chi connectivity index (χ0v) is 17.1. The Morgan fingerprint density at radius 3 is 2.31 bits per heavy atom. The van der Waals surface area contributed by atoms with Crippen LogP contribution in [-0.2, 0) is 4.79 Å². The van der Waals surface area contributed by atoms with Gasteiger partial charge in [-0.2, -0.15) is 0 Å². The smallest absolute Gasteiger partial charge is 0.289 e. The number of nitrogens with two attached hydrogens (primary N) is 1. The maximum Gasteiger partial charge on any atom is 0.289 e. The number of hydrogen-bond donors (Lipinski definition) is 1. The van der Waals surface area contributed by atoms with Crippen molar-refractivity contribution < 1.29 is 14.0 Å². The Bertz CT molecular complexity index is 807. The van der Waals surface area contributed by atoms with E-state index in [4.69, 9.17) is 10.2 Å². The van der Waals surface area contributed by atoms with Crippen LogP contribution < -0.4 is 5.73 Å². The quantitative estimate of drug-likeness (QED) is 0.811. The standard InChI is InChI=1S/C21H26N4O3.ClH/c22-18-14-23(13-17(18)16-5-2-1-3-6-16)15-20(26)24-8-10-25(11-9-24)21(27)19-7-4-12-28-19;/h1-7,12,17-18H,8-11,13-15,22H2;1H/t17-,18+;/m0./s1. The third-order valence-electron chi connectivity index (χ3n) is 5.68. The van der Waals surface area contributed by atoms with Gasteiger partial charge in [0.25, 0.3) is 5.91 Å². The van der Waals surface area contributed by atoms with Crippen LogP contribution in [0.25, 0.3) is 0 Å². The summed E-state index contributed by atoms with van der Waals surface area (Å²) in [6.07, 6.45) is 1.50. The van der Waals surface area contributed by atoms with E-state index in [1.54, 1.807) is 17.0 Å². The predicted molar refractivity (Wildman–Crippen MR) is 112 cm³/mol. The molecule has 29 heavy (non-hydrogen) atoms. The summed E-state index contributed by atoms with van der Waals surface area (Å²) in [5.41, 5.74) is 7.57. The molecule has 2 amide bonds. The molecule has 1 aromatic heterocycles. The molecular formula is C21H27ClN4O3. The van der Waals surface area contributed by atoms with Crippen LogP contribution in [0.4, 0.5) is 0 Å². The van der Waals surface area contributed by atoms with E-state index < -0.39 is 0 Å². The lowest BCUT2D eigenvalue weighted by molar-refractivity contribution is -0.133. The molecule has 2 aliphatic heterocycles. The van der Waals surface area contributed by atoms with Gasteiger partial charge in [-0.3, -0.25) is 14.5 Å². The molecule has 7 nitrogen and oxygen atoms in total. The molecule has 0 aliphatic carbocycles. The minimum Gasteiger partial charge on any atom is -0.459 e. The van der Waals surface area contributed by atoms with Crippen LogP contribution in [0.1, 0.15) is 22.0 Å². The first-order valence-electron chi connectivity index (χ1n) is 9.75. The van der Waals surface area contributed by atoms with E-state index in [1.165, 1.54) is 11.8 Å². The number of rotatable bonds is 4. The Balaban J connectivity index is 0.00000240. The molecule has 2 fully saturated rings. The van der Waals surface area contributed by atoms with Crippen molar-refractivity contribution in [3.05, 3.63) is 60.1 Å². The fraction of sp³-hybridized carbons (Fsp3) is 0.429. The highest BCUT2D eigenvalue weighted by molar-refractivity contribution is 5.91. The van der Waals surface area contributed by atoms with Gasteiger partial charge in [-0.25, -0.2) is 0 Å². The first-order valence-corrected chi connectivity index (χ1v) is 9.75. The highest BCUT2D eigenvalue weighted by Crippen LogP contribution is 2.26. The second-order valence-electron chi connectivity index (χ2n) is 7.53. The topological polar surface area (TPSA) is 83.0 Å². The third-order valence-corrected chi connectivity index (χ3v) is 5.68. The minimum atomic E-state index is -0.117. The normalized spacial score (nSPS) is 22.4. The summed E-state index contributed by atoms with van der Waals surface area (Å²) < 4.78 is 5.18. The first kappa shape index (κ1) is 21.4. The SMILES string of the molecule is Cl.N[C@@H]1CN(CC(=O)N2CCN(C(=O)c3ccco3)CC2)C[C@H]1c1ccccc1. The van der Waals surface area contributed by atoms with Gasteiger partial charge in [0.2, 0.25) is 5.91 Å². The van der Waals surface area contributed by atoms with E-state index in [0.717, 1.165) is 13.1 Å². The summed E-state index contributed by atoms with van der Waals surface area (Å²) in [5, 5.41) is 0. The number of hydrogen-bond acceptors (Lipinski definition) is 5. The van der Waals surface area contributed by atoms with E-state index in [-0.39, 0.29) is 36.2 Å². The van der Waals surface area contributed by atoms with E-state index in [2.05, 4.69) is 17.0 Å². The average Bonchev–Trinajstić information content (AvgIpc) is 3.38. The van der Waals surface area contributed by atoms with E-state index in [1.807, 2.05) is 23.1 Å². The van der Waals surface area contributed by atoms with Crippen LogP contribution in [0, 0.1) is 0 Å². The molecule has 0 radical (unpaired) electrons. The molecule has 0 bridgehead atoms. The molecule has 2 atom stereocenters. The number of likely N-dealkylation sites (tertiary alicyclic amines) is 1. The first-order chi connectivity index (χ1) is 13.6. The van der Waals surface area contributed by atoms with Crippen molar-refractivity contribution >= 4 is 24.2 Å². The number of benzene rings is 1. The number of piperazine rings is 1. The molecule has 1 aromatic carbocycles. The largest absolute Gasteiger partial charge is 0.459 e. The van der Waals surface area contributed by atoms with Crippen LogP contribution in [0.5, 0.6) is 0 Å². The molecule has 3 heterocycles. The predicted octanol–water partition coefficient (Wildman–Crippen LogP) is 1.41. The molecule has 8 heteroatoms. The Labute approximate surface area is 176 Å². The summed E-state index contributed by atoms with van der Waals surface area (Å²) in [5.74, 6) is 0.592. The zero-order chi connectivity index (χ0) is 19.5. The molecular weight excluding hydrogens is 392 g/mol. The zero-order valence-electron chi connectivity index (χ0n) is 16.3. The average molecular weight is 419 g/mol. The number of furan rings is 1. The molecule has 0 saturated carbocycles. The van der Waals surface area contributed by atoms with Crippen molar-refractivity contribution in [3.63, 3.8) is 0 Å². The van der Waals surface area contributed by atoms with Gasteiger partial charge < -0.3 is 20.0 Å². The lowest BCUT2D eigenvalue weighted by atomic mass is 9.95. The molecule has 2 saturated heterocycles. The van der Waals surface area contributed by atoms with Gasteiger partial charge in [0.15, 0.2) is 5.76 Å². The molecule has 0 unspecified atom stereocenters. The van der Waals surface area contributed by atoms with Crippen molar-refractivity contribution in [2.24, 2.45) is 5.73 Å². The highest BCUT2D eigenvalue weighted by Gasteiger charge is 2.33. The molecule has 0 spiro atoms. The Morgan fingerprint density at radius 2 is 1.66 bits per heavy atom. The summed E-state index contributed by atoms with van der Waals surface area (Å²) >= 11 is 0. The summed E-state index contributed by atoms with van der Waals surface area (Å²) in [6.45, 7) is 4.05. The Hall–Kier alpha value is -2.35. The monoisotopic (exact) mass is 418 g/mol. The number of carbonyl (C=O) groups excluding carboxylic acids is 2. The van der Waals surface area contributed by atoms with Gasteiger partial charge in [0, 0.05) is 51.2 Å². The summed E-state index contributed by atoms with van der Waals surface area (Å²) in [4.78, 5) is 30.8. The summed E-state index contributed by atoms with van der Waals surface area (Å²) in [7, 11) is 0. The van der Waals surface area contributed by atoms with Crippen molar-refractivity contribution in [1.29, 1.82) is 0 Å². The van der Waals surface area contributed by atoms with Crippen LogP contribution >= 0.6 is 12.4 Å². The highest BCUT2D eigenvalue weighted by atomic mass is 35.5. The van der Waals surface area contributed by atoms with Gasteiger partial charge in [-0.1, -0.05) is 30.3 Å². The van der Waals surface area contributed by atoms with Gasteiger partial charge in [0.05, 0.1) is 12.8 Å². The fourth-order valence-electron chi connectivity index (χ4n) is 4.10. The van der Waals surface area contributed by atoms with Gasteiger partial charge in [0.1, 0.15) is 0 Å². The van der Waals surface area contributed by atoms with Gasteiger partial charge >= 0.3 is 0 Å². The maximum absolute atomic E-state index is 12.7. The van der Waals surface area contributed by atoms with Crippen molar-refractivity contribution in [2.75, 3.05) is 45.8 Å². The molecule has 2 aliphatic rings. The second-order valence-corrected chi connectivity index (χ2v) is 7.53. The second kappa shape index (κ2) is 9.43. The lowest BCUT2D eigenvalue weighted by Gasteiger charge is -2.35. The van der Waals surface area contributed by atoms with Crippen LogP contribution in [0.15, 0.2) is 53.1 Å². The number of amides is 2. The van der Waals surface area contributed by atoms with Crippen molar-refractivity contribution in [3.8, 4) is 0 Å². The molecule has 156 valence electrons. The molecule has 2 N–H and O–H groups in total. The Morgan fingerprint density at radius 1 is 0.966 bits per heavy atom. The summed E-state index contributed by atoms with van der Waals surface area (Å²) in [6, 6.07) is 13.7. The lowest BCUT2D eigenvalue weighted by Crippen LogP contribution is -2.52. The van der Waals surface area contributed by atoms with Crippen molar-refractivity contribution in [2.45, 2.75) is 12.0 Å². The Kier molecular flexibility index (Phi) is 6.95. The van der Waals surface area contributed by atoms with Gasteiger partial charge in [-0.15, -0.1) is 12.4 Å². The molecule has 2 aromatic rings. The van der Waals surface area contributed by atoms with Crippen LogP contribution in [0.2, 0.25) is 0 Å². The number of nitrogens with zero attached hydrogens (tertiary/aromatic N) is 3. The van der Waals surface area contributed by atoms with Crippen LogP contribution in [0.3, 0.4) is 0 Å². The van der Waals surface area contributed by atoms with Crippen LogP contribution in [-0.4, -0.2) is 78.4 Å². The van der Waals surface area contributed by atoms with E-state index >= 15 is 0 Å². The van der Waals surface area contributed by atoms with Crippen molar-refractivity contribution in [1.82, 2.24) is 14.7 Å². The number of carbonyl (C=O) groups is 2. The van der Waals surface area contributed by atoms with E-state index in [0.29, 0.717) is 38.5 Å². The molecule has 4 rings (SSSR count). The van der Waals surface area contributed by atoms with Gasteiger partial charge in [-0.05, 0) is 17.7 Å².